The third kappa shape index (κ3) is 3.00. The van der Waals surface area contributed by atoms with Crippen molar-refractivity contribution in [2.75, 3.05) is 16.4 Å². The Balaban J connectivity index is 1.72. The van der Waals surface area contributed by atoms with E-state index in [0.717, 1.165) is 17.7 Å². The van der Waals surface area contributed by atoms with Gasteiger partial charge in [0.1, 0.15) is 6.04 Å². The molecule has 0 radical (unpaired) electrons. The fraction of sp³-hybridized carbons (Fsp3) is 0.471. The zero-order valence-electron chi connectivity index (χ0n) is 14.0. The highest BCUT2D eigenvalue weighted by atomic mass is 32.2. The number of hydrogen-bond donors (Lipinski definition) is 2. The molecular formula is C17H21N3O3S. The number of aryl methyl sites for hydroxylation is 1. The second-order valence-corrected chi connectivity index (χ2v) is 7.97. The standard InChI is InChI=1S/C17H21N3O3S/c1-10-8-12(4-5-13(10)18-11(2)21)19-16(23)14-9-24-17(3)7-6-15(22)20(14)17/h4-5,8,14H,6-7,9H2,1-3H3,(H,18,21)(H,19,23)/t14-,17-/m0/s1. The van der Waals surface area contributed by atoms with E-state index in [1.807, 2.05) is 19.9 Å². The summed E-state index contributed by atoms with van der Waals surface area (Å²) >= 11 is 1.68. The Bertz CT molecular complexity index is 721. The number of fused-ring (bicyclic) bond motifs is 1. The molecule has 0 aromatic heterocycles. The molecule has 2 fully saturated rings. The lowest BCUT2D eigenvalue weighted by molar-refractivity contribution is -0.135. The Morgan fingerprint density at radius 3 is 2.75 bits per heavy atom. The first-order valence-corrected chi connectivity index (χ1v) is 8.94. The van der Waals surface area contributed by atoms with Gasteiger partial charge in [0.15, 0.2) is 0 Å². The van der Waals surface area contributed by atoms with Crippen LogP contribution in [-0.2, 0) is 14.4 Å². The van der Waals surface area contributed by atoms with E-state index in [1.165, 1.54) is 6.92 Å². The SMILES string of the molecule is CC(=O)Nc1ccc(NC(=O)[C@@H]2CS[C@@]3(C)CCC(=O)N23)cc1C. The summed E-state index contributed by atoms with van der Waals surface area (Å²) in [5.74, 6) is 0.384. The molecule has 7 heteroatoms. The lowest BCUT2D eigenvalue weighted by Gasteiger charge is -2.29. The largest absolute Gasteiger partial charge is 0.326 e. The van der Waals surface area contributed by atoms with Crippen molar-refractivity contribution in [1.29, 1.82) is 0 Å². The van der Waals surface area contributed by atoms with Gasteiger partial charge in [0.25, 0.3) is 0 Å². The number of carbonyl (C=O) groups excluding carboxylic acids is 3. The van der Waals surface area contributed by atoms with E-state index in [9.17, 15) is 14.4 Å². The Hall–Kier alpha value is -2.02. The van der Waals surface area contributed by atoms with E-state index in [1.54, 1.807) is 28.8 Å². The average molecular weight is 347 g/mol. The molecule has 3 rings (SSSR count). The number of nitrogens with zero attached hydrogens (tertiary/aromatic N) is 1. The molecule has 2 aliphatic heterocycles. The first-order valence-electron chi connectivity index (χ1n) is 7.95. The van der Waals surface area contributed by atoms with E-state index in [4.69, 9.17) is 0 Å². The van der Waals surface area contributed by atoms with Gasteiger partial charge in [0, 0.05) is 30.5 Å². The number of thioether (sulfide) groups is 1. The van der Waals surface area contributed by atoms with Crippen molar-refractivity contribution in [2.45, 2.75) is 44.5 Å². The van der Waals surface area contributed by atoms with Crippen LogP contribution < -0.4 is 10.6 Å². The molecule has 2 saturated heterocycles. The lowest BCUT2D eigenvalue weighted by atomic mass is 10.1. The van der Waals surface area contributed by atoms with Gasteiger partial charge in [0.05, 0.1) is 4.87 Å². The molecule has 2 heterocycles. The van der Waals surface area contributed by atoms with Crippen molar-refractivity contribution in [3.05, 3.63) is 23.8 Å². The van der Waals surface area contributed by atoms with Crippen molar-refractivity contribution in [3.8, 4) is 0 Å². The molecule has 2 aliphatic rings. The normalized spacial score (nSPS) is 25.5. The van der Waals surface area contributed by atoms with Crippen LogP contribution >= 0.6 is 11.8 Å². The Kier molecular flexibility index (Phi) is 4.29. The van der Waals surface area contributed by atoms with Crippen LogP contribution in [0.3, 0.4) is 0 Å². The molecule has 0 saturated carbocycles. The number of rotatable bonds is 3. The molecule has 24 heavy (non-hydrogen) atoms. The molecular weight excluding hydrogens is 326 g/mol. The predicted octanol–water partition coefficient (Wildman–Crippen LogP) is 2.35. The highest BCUT2D eigenvalue weighted by Gasteiger charge is 2.52. The number of amides is 3. The molecule has 1 aromatic rings. The molecule has 128 valence electrons. The summed E-state index contributed by atoms with van der Waals surface area (Å²) in [6.45, 7) is 5.35. The van der Waals surface area contributed by atoms with Gasteiger partial charge in [-0.2, -0.15) is 0 Å². The minimum absolute atomic E-state index is 0.0554. The monoisotopic (exact) mass is 347 g/mol. The van der Waals surface area contributed by atoms with Crippen LogP contribution in [0.15, 0.2) is 18.2 Å². The van der Waals surface area contributed by atoms with Gasteiger partial charge in [-0.05, 0) is 44.0 Å². The van der Waals surface area contributed by atoms with Gasteiger partial charge in [-0.3, -0.25) is 14.4 Å². The molecule has 0 aliphatic carbocycles. The lowest BCUT2D eigenvalue weighted by Crippen LogP contribution is -2.48. The van der Waals surface area contributed by atoms with Gasteiger partial charge < -0.3 is 15.5 Å². The van der Waals surface area contributed by atoms with Crippen LogP contribution in [0.1, 0.15) is 32.3 Å². The maximum Gasteiger partial charge on any atom is 0.248 e. The minimum atomic E-state index is -0.426. The fourth-order valence-electron chi connectivity index (χ4n) is 3.31. The summed E-state index contributed by atoms with van der Waals surface area (Å²) < 4.78 is 0. The van der Waals surface area contributed by atoms with Gasteiger partial charge in [-0.1, -0.05) is 0 Å². The highest BCUT2D eigenvalue weighted by Crippen LogP contribution is 2.47. The predicted molar refractivity (Wildman–Crippen MR) is 94.8 cm³/mol. The second kappa shape index (κ2) is 6.12. The molecule has 0 bridgehead atoms. The maximum atomic E-state index is 12.6. The van der Waals surface area contributed by atoms with Crippen molar-refractivity contribution in [1.82, 2.24) is 4.90 Å². The number of benzene rings is 1. The van der Waals surface area contributed by atoms with Crippen molar-refractivity contribution in [3.63, 3.8) is 0 Å². The highest BCUT2D eigenvalue weighted by molar-refractivity contribution is 8.01. The summed E-state index contributed by atoms with van der Waals surface area (Å²) in [7, 11) is 0. The summed E-state index contributed by atoms with van der Waals surface area (Å²) in [6, 6.07) is 4.91. The van der Waals surface area contributed by atoms with E-state index in [2.05, 4.69) is 10.6 Å². The van der Waals surface area contributed by atoms with Crippen molar-refractivity contribution in [2.24, 2.45) is 0 Å². The van der Waals surface area contributed by atoms with Crippen LogP contribution in [0.2, 0.25) is 0 Å². The minimum Gasteiger partial charge on any atom is -0.326 e. The van der Waals surface area contributed by atoms with Gasteiger partial charge in [-0.25, -0.2) is 0 Å². The van der Waals surface area contributed by atoms with Crippen LogP contribution in [-0.4, -0.2) is 39.3 Å². The van der Waals surface area contributed by atoms with Gasteiger partial charge >= 0.3 is 0 Å². The Morgan fingerprint density at radius 2 is 2.08 bits per heavy atom. The zero-order chi connectivity index (χ0) is 17.5. The number of hydrogen-bond acceptors (Lipinski definition) is 4. The van der Waals surface area contributed by atoms with Gasteiger partial charge in [-0.15, -0.1) is 11.8 Å². The maximum absolute atomic E-state index is 12.6. The number of carbonyl (C=O) groups is 3. The summed E-state index contributed by atoms with van der Waals surface area (Å²) in [5.41, 5.74) is 2.25. The second-order valence-electron chi connectivity index (χ2n) is 6.47. The Morgan fingerprint density at radius 1 is 1.33 bits per heavy atom. The first-order chi connectivity index (χ1) is 11.3. The molecule has 0 spiro atoms. The molecule has 2 atom stereocenters. The molecule has 2 N–H and O–H groups in total. The molecule has 3 amide bonds. The van der Waals surface area contributed by atoms with Crippen molar-refractivity contribution < 1.29 is 14.4 Å². The molecule has 1 aromatic carbocycles. The smallest absolute Gasteiger partial charge is 0.248 e. The third-order valence-electron chi connectivity index (χ3n) is 4.55. The summed E-state index contributed by atoms with van der Waals surface area (Å²) in [5, 5.41) is 5.64. The van der Waals surface area contributed by atoms with Gasteiger partial charge in [0.2, 0.25) is 17.7 Å². The summed E-state index contributed by atoms with van der Waals surface area (Å²) in [4.78, 5) is 37.4. The van der Waals surface area contributed by atoms with Crippen LogP contribution in [0.5, 0.6) is 0 Å². The van der Waals surface area contributed by atoms with Crippen molar-refractivity contribution >= 4 is 40.9 Å². The van der Waals surface area contributed by atoms with E-state index >= 15 is 0 Å². The van der Waals surface area contributed by atoms with Crippen LogP contribution in [0.4, 0.5) is 11.4 Å². The molecule has 0 unspecified atom stereocenters. The zero-order valence-corrected chi connectivity index (χ0v) is 14.8. The number of anilines is 2. The summed E-state index contributed by atoms with van der Waals surface area (Å²) in [6.07, 6.45) is 1.31. The van der Waals surface area contributed by atoms with Crippen LogP contribution in [0.25, 0.3) is 0 Å². The van der Waals surface area contributed by atoms with E-state index in [0.29, 0.717) is 17.9 Å². The number of nitrogens with one attached hydrogen (secondary N) is 2. The quantitative estimate of drug-likeness (QED) is 0.880. The third-order valence-corrected chi connectivity index (χ3v) is 6.06. The average Bonchev–Trinajstić information content (AvgIpc) is 2.98. The Labute approximate surface area is 145 Å². The topological polar surface area (TPSA) is 78.5 Å². The van der Waals surface area contributed by atoms with Crippen LogP contribution in [0, 0.1) is 6.92 Å². The molecule has 6 nitrogen and oxygen atoms in total. The van der Waals surface area contributed by atoms with E-state index < -0.39 is 6.04 Å². The first kappa shape index (κ1) is 16.8. The fourth-order valence-corrected chi connectivity index (χ4v) is 4.74. The van der Waals surface area contributed by atoms with E-state index in [-0.39, 0.29) is 22.6 Å².